The van der Waals surface area contributed by atoms with Gasteiger partial charge in [-0.05, 0) is 48.1 Å². The first-order chi connectivity index (χ1) is 10.1. The maximum absolute atomic E-state index is 11.4. The Bertz CT molecular complexity index is 681. The fraction of sp³-hybridized carbons (Fsp3) is 0.278. The van der Waals surface area contributed by atoms with Crippen LogP contribution in [0.3, 0.4) is 0 Å². The lowest BCUT2D eigenvalue weighted by molar-refractivity contribution is -0.116. The number of benzene rings is 2. The summed E-state index contributed by atoms with van der Waals surface area (Å²) in [6, 6.07) is 14.4. The van der Waals surface area contributed by atoms with Crippen molar-refractivity contribution < 1.29 is 4.79 Å². The number of nitrogens with one attached hydrogen (secondary N) is 1. The highest BCUT2D eigenvalue weighted by Gasteiger charge is 2.17. The van der Waals surface area contributed by atoms with Crippen molar-refractivity contribution in [2.45, 2.75) is 31.6 Å². The summed E-state index contributed by atoms with van der Waals surface area (Å²) in [7, 11) is 0. The van der Waals surface area contributed by atoms with Crippen molar-refractivity contribution in [3.05, 3.63) is 64.7 Å². The van der Waals surface area contributed by atoms with Gasteiger partial charge in [0, 0.05) is 12.1 Å². The summed E-state index contributed by atoms with van der Waals surface area (Å²) in [5.74, 6) is 0.0950. The molecule has 0 aromatic heterocycles. The molecule has 0 fully saturated rings. The Morgan fingerprint density at radius 1 is 1.19 bits per heavy atom. The molecule has 1 aliphatic rings. The maximum atomic E-state index is 11.4. The molecule has 1 atom stereocenters. The van der Waals surface area contributed by atoms with E-state index in [2.05, 4.69) is 30.4 Å². The summed E-state index contributed by atoms with van der Waals surface area (Å²) < 4.78 is 0. The van der Waals surface area contributed by atoms with Crippen molar-refractivity contribution in [1.82, 2.24) is 0 Å². The van der Waals surface area contributed by atoms with Crippen molar-refractivity contribution >= 4 is 23.2 Å². The van der Waals surface area contributed by atoms with Crippen molar-refractivity contribution in [2.75, 3.05) is 5.32 Å². The highest BCUT2D eigenvalue weighted by atomic mass is 35.5. The largest absolute Gasteiger partial charge is 0.326 e. The number of halogens is 1. The number of carbonyl (C=O) groups is 1. The van der Waals surface area contributed by atoms with Crippen LogP contribution in [-0.2, 0) is 17.6 Å². The van der Waals surface area contributed by atoms with E-state index in [0.717, 1.165) is 24.1 Å². The highest BCUT2D eigenvalue weighted by Crippen LogP contribution is 2.31. The van der Waals surface area contributed by atoms with E-state index in [-0.39, 0.29) is 11.3 Å². The number of hydrogen-bond donors (Lipinski definition) is 1. The Morgan fingerprint density at radius 2 is 2.00 bits per heavy atom. The molecule has 1 aliphatic heterocycles. The van der Waals surface area contributed by atoms with Gasteiger partial charge < -0.3 is 5.32 Å². The first-order valence-electron chi connectivity index (χ1n) is 7.25. The van der Waals surface area contributed by atoms with Crippen LogP contribution in [0.2, 0.25) is 0 Å². The molecule has 2 aromatic carbocycles. The van der Waals surface area contributed by atoms with Crippen LogP contribution in [0.15, 0.2) is 42.5 Å². The SMILES string of the molecule is Cc1ccccc1CC(Cl)c1ccc2c(c1)CCC(=O)N2. The molecule has 1 heterocycles. The van der Waals surface area contributed by atoms with Gasteiger partial charge in [0.15, 0.2) is 0 Å². The third-order valence-electron chi connectivity index (χ3n) is 4.05. The van der Waals surface area contributed by atoms with Crippen molar-refractivity contribution in [1.29, 1.82) is 0 Å². The van der Waals surface area contributed by atoms with Gasteiger partial charge in [0.25, 0.3) is 0 Å². The third kappa shape index (κ3) is 3.11. The molecule has 1 unspecified atom stereocenters. The van der Waals surface area contributed by atoms with Crippen LogP contribution in [0.4, 0.5) is 5.69 Å². The van der Waals surface area contributed by atoms with Gasteiger partial charge in [-0.3, -0.25) is 4.79 Å². The average Bonchev–Trinajstić information content (AvgIpc) is 2.49. The molecular weight excluding hydrogens is 282 g/mol. The van der Waals surface area contributed by atoms with Gasteiger partial charge in [-0.2, -0.15) is 0 Å². The maximum Gasteiger partial charge on any atom is 0.224 e. The van der Waals surface area contributed by atoms with Gasteiger partial charge in [0.1, 0.15) is 0 Å². The van der Waals surface area contributed by atoms with Crippen LogP contribution in [0.25, 0.3) is 0 Å². The molecule has 2 aromatic rings. The standard InChI is InChI=1S/C18H18ClNO/c1-12-4-2-3-5-13(12)11-16(19)14-6-8-17-15(10-14)7-9-18(21)20-17/h2-6,8,10,16H,7,9,11H2,1H3,(H,20,21). The monoisotopic (exact) mass is 299 g/mol. The van der Waals surface area contributed by atoms with Crippen molar-refractivity contribution in [3.8, 4) is 0 Å². The number of hydrogen-bond acceptors (Lipinski definition) is 1. The second-order valence-electron chi connectivity index (χ2n) is 5.56. The van der Waals surface area contributed by atoms with Crippen LogP contribution in [-0.4, -0.2) is 5.91 Å². The minimum absolute atomic E-state index is 0.0472. The van der Waals surface area contributed by atoms with Gasteiger partial charge in [0.2, 0.25) is 5.91 Å². The van der Waals surface area contributed by atoms with E-state index < -0.39 is 0 Å². The van der Waals surface area contributed by atoms with Crippen LogP contribution in [0.5, 0.6) is 0 Å². The Kier molecular flexibility index (Phi) is 3.98. The fourth-order valence-electron chi connectivity index (χ4n) is 2.75. The summed E-state index contributed by atoms with van der Waals surface area (Å²) in [5, 5.41) is 2.86. The number of alkyl halides is 1. The molecule has 3 heteroatoms. The van der Waals surface area contributed by atoms with Crippen LogP contribution < -0.4 is 5.32 Å². The molecule has 21 heavy (non-hydrogen) atoms. The summed E-state index contributed by atoms with van der Waals surface area (Å²) in [4.78, 5) is 11.4. The van der Waals surface area contributed by atoms with Crippen LogP contribution in [0, 0.1) is 6.92 Å². The molecule has 0 saturated heterocycles. The molecular formula is C18H18ClNO. The topological polar surface area (TPSA) is 29.1 Å². The van der Waals surface area contributed by atoms with Gasteiger partial charge in [-0.25, -0.2) is 0 Å². The fourth-order valence-corrected chi connectivity index (χ4v) is 3.05. The van der Waals surface area contributed by atoms with Crippen LogP contribution in [0.1, 0.15) is 34.1 Å². The molecule has 0 aliphatic carbocycles. The molecule has 1 amide bonds. The zero-order valence-corrected chi connectivity index (χ0v) is 12.8. The van der Waals surface area contributed by atoms with Crippen molar-refractivity contribution in [2.24, 2.45) is 0 Å². The number of aryl methyl sites for hydroxylation is 2. The van der Waals surface area contributed by atoms with E-state index >= 15 is 0 Å². The Hall–Kier alpha value is -1.80. The number of anilines is 1. The lowest BCUT2D eigenvalue weighted by atomic mass is 9.96. The minimum Gasteiger partial charge on any atom is -0.326 e. The van der Waals surface area contributed by atoms with E-state index in [1.54, 1.807) is 0 Å². The summed E-state index contributed by atoms with van der Waals surface area (Å²) in [6.45, 7) is 2.11. The summed E-state index contributed by atoms with van der Waals surface area (Å²) in [5.41, 5.74) is 5.78. The third-order valence-corrected chi connectivity index (χ3v) is 4.45. The lowest BCUT2D eigenvalue weighted by Crippen LogP contribution is -2.19. The van der Waals surface area contributed by atoms with E-state index in [4.69, 9.17) is 11.6 Å². The molecule has 0 saturated carbocycles. The van der Waals surface area contributed by atoms with Crippen LogP contribution >= 0.6 is 11.6 Å². The second kappa shape index (κ2) is 5.90. The first-order valence-corrected chi connectivity index (χ1v) is 7.68. The molecule has 3 rings (SSSR count). The Labute approximate surface area is 130 Å². The number of carbonyl (C=O) groups excluding carboxylic acids is 1. The van der Waals surface area contributed by atoms with Gasteiger partial charge in [0.05, 0.1) is 5.38 Å². The number of fused-ring (bicyclic) bond motifs is 1. The minimum atomic E-state index is -0.0472. The van der Waals surface area contributed by atoms with Gasteiger partial charge >= 0.3 is 0 Å². The Morgan fingerprint density at radius 3 is 2.81 bits per heavy atom. The quantitative estimate of drug-likeness (QED) is 0.836. The number of amides is 1. The highest BCUT2D eigenvalue weighted by molar-refractivity contribution is 6.21. The van der Waals surface area contributed by atoms with E-state index in [1.165, 1.54) is 16.7 Å². The normalized spacial score (nSPS) is 15.2. The molecule has 2 nitrogen and oxygen atoms in total. The van der Waals surface area contributed by atoms with E-state index in [9.17, 15) is 4.79 Å². The molecule has 108 valence electrons. The molecule has 1 N–H and O–H groups in total. The molecule has 0 radical (unpaired) electrons. The van der Waals surface area contributed by atoms with Gasteiger partial charge in [-0.1, -0.05) is 36.4 Å². The van der Waals surface area contributed by atoms with Crippen molar-refractivity contribution in [3.63, 3.8) is 0 Å². The molecule has 0 spiro atoms. The van der Waals surface area contributed by atoms with E-state index in [0.29, 0.717) is 6.42 Å². The number of rotatable bonds is 3. The lowest BCUT2D eigenvalue weighted by Gasteiger charge is -2.19. The summed E-state index contributed by atoms with van der Waals surface area (Å²) >= 11 is 6.60. The smallest absolute Gasteiger partial charge is 0.224 e. The predicted octanol–water partition coefficient (Wildman–Crippen LogP) is 4.40. The summed E-state index contributed by atoms with van der Waals surface area (Å²) in [6.07, 6.45) is 2.17. The average molecular weight is 300 g/mol. The Balaban J connectivity index is 1.81. The van der Waals surface area contributed by atoms with E-state index in [1.807, 2.05) is 24.3 Å². The first kappa shape index (κ1) is 14.2. The second-order valence-corrected chi connectivity index (χ2v) is 6.09. The zero-order chi connectivity index (χ0) is 14.8. The molecule has 0 bridgehead atoms. The van der Waals surface area contributed by atoms with Gasteiger partial charge in [-0.15, -0.1) is 11.6 Å². The predicted molar refractivity (Wildman–Crippen MR) is 86.9 cm³/mol. The zero-order valence-electron chi connectivity index (χ0n) is 12.0.